The first kappa shape index (κ1) is 18.9. The average molecular weight is 351 g/mol. The molecular weight excluding hydrogens is 327 g/mol. The predicted octanol–water partition coefficient (Wildman–Crippen LogP) is 5.46. The van der Waals surface area contributed by atoms with E-state index in [1.165, 1.54) is 0 Å². The Kier molecular flexibility index (Phi) is 7.11. The molecule has 120 valence electrons. The van der Waals surface area contributed by atoms with Crippen LogP contribution in [-0.4, -0.2) is 21.5 Å². The Morgan fingerprint density at radius 1 is 1.10 bits per heavy atom. The van der Waals surface area contributed by atoms with Crippen LogP contribution in [0.3, 0.4) is 0 Å². The van der Waals surface area contributed by atoms with Crippen LogP contribution >= 0.6 is 19.2 Å². The molecule has 21 heavy (non-hydrogen) atoms. The average Bonchev–Trinajstić information content (AvgIpc) is 2.37. The van der Waals surface area contributed by atoms with Crippen molar-refractivity contribution >= 4 is 27.5 Å². The van der Waals surface area contributed by atoms with E-state index in [9.17, 15) is 4.57 Å². The van der Waals surface area contributed by atoms with Crippen LogP contribution in [0.15, 0.2) is 24.3 Å². The maximum atomic E-state index is 13.1. The second-order valence-corrected chi connectivity index (χ2v) is 12.5. The van der Waals surface area contributed by atoms with Gasteiger partial charge in [0, 0.05) is 5.02 Å². The van der Waals surface area contributed by atoms with E-state index in [2.05, 4.69) is 0 Å². The van der Waals surface area contributed by atoms with Crippen molar-refractivity contribution in [3.05, 3.63) is 34.9 Å². The fraction of sp³-hybridized carbons (Fsp3) is 0.571. The van der Waals surface area contributed by atoms with E-state index in [1.54, 1.807) is 38.1 Å². The summed E-state index contributed by atoms with van der Waals surface area (Å²) in [5.41, 5.74) is 0.757. The normalized spacial score (nSPS) is 14.2. The van der Waals surface area contributed by atoms with Gasteiger partial charge in [-0.1, -0.05) is 23.7 Å². The number of hydrogen-bond donors (Lipinski definition) is 0. The van der Waals surface area contributed by atoms with Crippen LogP contribution in [0.4, 0.5) is 0 Å². The molecule has 0 bridgehead atoms. The van der Waals surface area contributed by atoms with Gasteiger partial charge in [-0.3, -0.25) is 4.57 Å². The molecule has 0 saturated carbocycles. The molecule has 1 rings (SSSR count). The van der Waals surface area contributed by atoms with Gasteiger partial charge in [-0.25, -0.2) is 0 Å². The van der Waals surface area contributed by atoms with E-state index in [0.717, 1.165) is 5.56 Å². The smallest absolute Gasteiger partial charge is 0.362 e. The summed E-state index contributed by atoms with van der Waals surface area (Å²) in [5.74, 6) is -0.721. The summed E-state index contributed by atoms with van der Waals surface area (Å²) in [6.45, 7) is 10.3. The molecule has 0 aromatic heterocycles. The quantitative estimate of drug-likeness (QED) is 0.461. The number of halogens is 1. The highest BCUT2D eigenvalue weighted by Crippen LogP contribution is 2.62. The summed E-state index contributed by atoms with van der Waals surface area (Å²) in [6, 6.07) is 7.11. The van der Waals surface area contributed by atoms with Crippen LogP contribution in [0.1, 0.15) is 25.3 Å². The lowest BCUT2D eigenvalue weighted by atomic mass is 10.2. The van der Waals surface area contributed by atoms with Crippen LogP contribution in [0.25, 0.3) is 0 Å². The van der Waals surface area contributed by atoms with Crippen molar-refractivity contribution in [2.75, 3.05) is 13.2 Å². The summed E-state index contributed by atoms with van der Waals surface area (Å²) >= 11 is 5.92. The topological polar surface area (TPSA) is 44.8 Å². The molecule has 1 aromatic carbocycles. The van der Waals surface area contributed by atoms with Crippen LogP contribution < -0.4 is 0 Å². The van der Waals surface area contributed by atoms with Crippen molar-refractivity contribution in [3.63, 3.8) is 0 Å². The molecule has 0 heterocycles. The van der Waals surface area contributed by atoms with Gasteiger partial charge in [0.25, 0.3) is 0 Å². The van der Waals surface area contributed by atoms with E-state index in [-0.39, 0.29) is 0 Å². The van der Waals surface area contributed by atoms with Gasteiger partial charge in [0.1, 0.15) is 0 Å². The Morgan fingerprint density at radius 3 is 1.95 bits per heavy atom. The van der Waals surface area contributed by atoms with Gasteiger partial charge in [-0.05, 0) is 51.2 Å². The highest BCUT2D eigenvalue weighted by molar-refractivity contribution is 7.54. The largest absolute Gasteiger partial charge is 0.400 e. The van der Waals surface area contributed by atoms with Crippen LogP contribution in [0.2, 0.25) is 24.7 Å². The second-order valence-electron chi connectivity index (χ2n) is 5.51. The molecular formula is C14H24ClO4PSi. The highest BCUT2D eigenvalue weighted by Gasteiger charge is 2.40. The molecule has 0 aliphatic carbocycles. The molecule has 7 heteroatoms. The van der Waals surface area contributed by atoms with E-state index in [0.29, 0.717) is 18.2 Å². The van der Waals surface area contributed by atoms with Crippen molar-refractivity contribution in [3.8, 4) is 0 Å². The monoisotopic (exact) mass is 350 g/mol. The van der Waals surface area contributed by atoms with Crippen molar-refractivity contribution in [2.24, 2.45) is 0 Å². The maximum Gasteiger partial charge on any atom is 0.362 e. The molecule has 0 N–H and O–H groups in total. The first-order chi connectivity index (χ1) is 9.72. The Labute approximate surface area is 133 Å². The fourth-order valence-electron chi connectivity index (χ4n) is 1.81. The summed E-state index contributed by atoms with van der Waals surface area (Å²) < 4.78 is 30.1. The second kappa shape index (κ2) is 7.91. The van der Waals surface area contributed by atoms with Gasteiger partial charge >= 0.3 is 7.60 Å². The van der Waals surface area contributed by atoms with Gasteiger partial charge in [-0.2, -0.15) is 0 Å². The van der Waals surface area contributed by atoms with Crippen molar-refractivity contribution < 1.29 is 18.0 Å². The fourth-order valence-corrected chi connectivity index (χ4v) is 5.81. The van der Waals surface area contributed by atoms with Gasteiger partial charge in [0.15, 0.2) is 14.2 Å². The van der Waals surface area contributed by atoms with E-state index < -0.39 is 21.8 Å². The minimum atomic E-state index is -3.39. The molecule has 1 atom stereocenters. The SMILES string of the molecule is CCOP(=O)(OCC)C(O[Si](C)(C)C)c1ccc(Cl)cc1. The molecule has 1 aromatic rings. The third kappa shape index (κ3) is 5.85. The van der Waals surface area contributed by atoms with E-state index in [4.69, 9.17) is 25.1 Å². The number of benzene rings is 1. The standard InChI is InChI=1S/C14H24ClO4PSi/c1-6-17-20(16,18-7-2)14(19-21(3,4)5)12-8-10-13(15)11-9-12/h8-11,14H,6-7H2,1-5H3. The summed E-state index contributed by atoms with van der Waals surface area (Å²) in [4.78, 5) is 0. The molecule has 0 amide bonds. The van der Waals surface area contributed by atoms with E-state index >= 15 is 0 Å². The molecule has 1 unspecified atom stereocenters. The first-order valence-corrected chi connectivity index (χ1v) is 12.4. The Balaban J connectivity index is 3.22. The van der Waals surface area contributed by atoms with Crippen molar-refractivity contribution in [1.82, 2.24) is 0 Å². The van der Waals surface area contributed by atoms with Crippen LogP contribution in [-0.2, 0) is 18.0 Å². The summed E-state index contributed by atoms with van der Waals surface area (Å²) in [6.07, 6.45) is 0. The lowest BCUT2D eigenvalue weighted by Crippen LogP contribution is -2.28. The molecule has 0 aliphatic rings. The van der Waals surface area contributed by atoms with Crippen LogP contribution in [0, 0.1) is 0 Å². The molecule has 0 aliphatic heterocycles. The first-order valence-electron chi connectivity index (χ1n) is 7.04. The molecule has 0 fully saturated rings. The molecule has 4 nitrogen and oxygen atoms in total. The third-order valence-corrected chi connectivity index (χ3v) is 6.13. The van der Waals surface area contributed by atoms with Gasteiger partial charge in [0.05, 0.1) is 13.2 Å². The number of rotatable bonds is 8. The van der Waals surface area contributed by atoms with Gasteiger partial charge in [-0.15, -0.1) is 0 Å². The van der Waals surface area contributed by atoms with Crippen molar-refractivity contribution in [2.45, 2.75) is 39.3 Å². The minimum Gasteiger partial charge on any atom is -0.400 e. The molecule has 0 spiro atoms. The molecule has 0 radical (unpaired) electrons. The van der Waals surface area contributed by atoms with E-state index in [1.807, 2.05) is 19.6 Å². The minimum absolute atomic E-state index is 0.302. The summed E-state index contributed by atoms with van der Waals surface area (Å²) in [7, 11) is -5.34. The Morgan fingerprint density at radius 2 is 1.57 bits per heavy atom. The predicted molar refractivity (Wildman–Crippen MR) is 89.5 cm³/mol. The lowest BCUT2D eigenvalue weighted by Gasteiger charge is -2.31. The zero-order chi connectivity index (χ0) is 16.1. The highest BCUT2D eigenvalue weighted by atomic mass is 35.5. The molecule has 0 saturated heterocycles. The third-order valence-electron chi connectivity index (χ3n) is 2.53. The Bertz CT molecular complexity index is 477. The Hall–Kier alpha value is -0.163. The van der Waals surface area contributed by atoms with Gasteiger partial charge < -0.3 is 13.5 Å². The maximum absolute atomic E-state index is 13.1. The lowest BCUT2D eigenvalue weighted by molar-refractivity contribution is 0.158. The zero-order valence-corrected chi connectivity index (χ0v) is 15.9. The number of hydrogen-bond acceptors (Lipinski definition) is 4. The van der Waals surface area contributed by atoms with Crippen molar-refractivity contribution in [1.29, 1.82) is 0 Å². The summed E-state index contributed by atoms with van der Waals surface area (Å²) in [5, 5.41) is 0.619. The zero-order valence-electron chi connectivity index (χ0n) is 13.3. The van der Waals surface area contributed by atoms with Gasteiger partial charge in [0.2, 0.25) is 0 Å². The van der Waals surface area contributed by atoms with Crippen LogP contribution in [0.5, 0.6) is 0 Å².